The van der Waals surface area contributed by atoms with Gasteiger partial charge in [0.05, 0.1) is 6.10 Å². The second-order valence-electron chi connectivity index (χ2n) is 4.72. The number of hydrogen-bond acceptors (Lipinski definition) is 2. The molecule has 2 aromatic rings. The van der Waals surface area contributed by atoms with Crippen molar-refractivity contribution in [2.45, 2.75) is 26.6 Å². The molecule has 0 spiro atoms. The van der Waals surface area contributed by atoms with Crippen molar-refractivity contribution in [2.75, 3.05) is 0 Å². The fraction of sp³-hybridized carbons (Fsp3) is 0.250. The summed E-state index contributed by atoms with van der Waals surface area (Å²) in [6.07, 6.45) is -0.683. The van der Waals surface area contributed by atoms with Gasteiger partial charge in [-0.05, 0) is 55.3 Å². The van der Waals surface area contributed by atoms with Crippen LogP contribution in [0.15, 0.2) is 36.4 Å². The first-order valence-electron chi connectivity index (χ1n) is 6.32. The maximum atomic E-state index is 13.2. The molecule has 2 aromatic carbocycles. The van der Waals surface area contributed by atoms with Crippen LogP contribution in [0.3, 0.4) is 0 Å². The van der Waals surface area contributed by atoms with Crippen molar-refractivity contribution in [3.63, 3.8) is 0 Å². The van der Waals surface area contributed by atoms with Crippen molar-refractivity contribution in [2.24, 2.45) is 0 Å². The lowest BCUT2D eigenvalue weighted by atomic mass is 10.1. The first-order chi connectivity index (χ1) is 9.47. The Morgan fingerprint density at radius 2 is 2.00 bits per heavy atom. The minimum atomic E-state index is -0.683. The number of rotatable bonds is 4. The van der Waals surface area contributed by atoms with Crippen LogP contribution >= 0.6 is 11.6 Å². The molecule has 2 nitrogen and oxygen atoms in total. The van der Waals surface area contributed by atoms with Gasteiger partial charge < -0.3 is 9.84 Å². The Labute approximate surface area is 122 Å². The predicted molar refractivity (Wildman–Crippen MR) is 77.6 cm³/mol. The quantitative estimate of drug-likeness (QED) is 0.904. The van der Waals surface area contributed by atoms with Crippen LogP contribution in [0.2, 0.25) is 5.02 Å². The van der Waals surface area contributed by atoms with Gasteiger partial charge in [0.25, 0.3) is 0 Å². The molecule has 0 bridgehead atoms. The highest BCUT2D eigenvalue weighted by molar-refractivity contribution is 6.30. The molecule has 4 heteroatoms. The number of aliphatic hydroxyl groups is 1. The lowest BCUT2D eigenvalue weighted by Crippen LogP contribution is -2.02. The van der Waals surface area contributed by atoms with E-state index in [1.165, 1.54) is 12.1 Å². The molecule has 20 heavy (non-hydrogen) atoms. The number of hydrogen-bond donors (Lipinski definition) is 1. The summed E-state index contributed by atoms with van der Waals surface area (Å²) >= 11 is 5.91. The van der Waals surface area contributed by atoms with Gasteiger partial charge in [-0.25, -0.2) is 4.39 Å². The molecule has 1 unspecified atom stereocenters. The molecular formula is C16H16ClFO2. The number of benzene rings is 2. The minimum Gasteiger partial charge on any atom is -0.489 e. The van der Waals surface area contributed by atoms with E-state index in [9.17, 15) is 9.50 Å². The van der Waals surface area contributed by atoms with Crippen molar-refractivity contribution in [3.8, 4) is 5.75 Å². The van der Waals surface area contributed by atoms with Gasteiger partial charge in [0, 0.05) is 10.6 Å². The Kier molecular flexibility index (Phi) is 4.63. The molecule has 0 saturated heterocycles. The van der Waals surface area contributed by atoms with Crippen LogP contribution in [-0.4, -0.2) is 5.11 Å². The van der Waals surface area contributed by atoms with Crippen LogP contribution in [-0.2, 0) is 6.61 Å². The van der Waals surface area contributed by atoms with Gasteiger partial charge in [0.1, 0.15) is 18.2 Å². The Morgan fingerprint density at radius 1 is 1.25 bits per heavy atom. The van der Waals surface area contributed by atoms with Crippen molar-refractivity contribution < 1.29 is 14.2 Å². The van der Waals surface area contributed by atoms with Gasteiger partial charge in [-0.1, -0.05) is 17.7 Å². The summed E-state index contributed by atoms with van der Waals surface area (Å²) in [7, 11) is 0. The molecular weight excluding hydrogens is 279 g/mol. The lowest BCUT2D eigenvalue weighted by molar-refractivity contribution is 0.190. The van der Waals surface area contributed by atoms with E-state index in [1.807, 2.05) is 6.92 Å². The molecule has 1 N–H and O–H groups in total. The monoisotopic (exact) mass is 294 g/mol. The number of halogens is 2. The molecule has 0 aliphatic rings. The van der Waals surface area contributed by atoms with Crippen LogP contribution in [0.4, 0.5) is 4.39 Å². The van der Waals surface area contributed by atoms with Crippen molar-refractivity contribution in [3.05, 3.63) is 63.9 Å². The van der Waals surface area contributed by atoms with Crippen LogP contribution in [0.1, 0.15) is 29.7 Å². The fourth-order valence-corrected chi connectivity index (χ4v) is 2.11. The van der Waals surface area contributed by atoms with Crippen LogP contribution in [0.25, 0.3) is 0 Å². The summed E-state index contributed by atoms with van der Waals surface area (Å²) < 4.78 is 18.9. The Balaban J connectivity index is 2.20. The molecule has 0 heterocycles. The average molecular weight is 295 g/mol. The van der Waals surface area contributed by atoms with E-state index >= 15 is 0 Å². The van der Waals surface area contributed by atoms with E-state index in [0.717, 1.165) is 11.1 Å². The zero-order valence-electron chi connectivity index (χ0n) is 11.4. The van der Waals surface area contributed by atoms with Crippen molar-refractivity contribution in [1.29, 1.82) is 0 Å². The smallest absolute Gasteiger partial charge is 0.125 e. The molecule has 0 fully saturated rings. The highest BCUT2D eigenvalue weighted by Gasteiger charge is 2.11. The van der Waals surface area contributed by atoms with E-state index < -0.39 is 6.10 Å². The maximum absolute atomic E-state index is 13.2. The van der Waals surface area contributed by atoms with E-state index in [1.54, 1.807) is 31.2 Å². The predicted octanol–water partition coefficient (Wildman–Crippen LogP) is 4.42. The van der Waals surface area contributed by atoms with Gasteiger partial charge in [0.2, 0.25) is 0 Å². The maximum Gasteiger partial charge on any atom is 0.125 e. The molecule has 0 radical (unpaired) electrons. The average Bonchev–Trinajstić information content (AvgIpc) is 2.40. The molecule has 0 aliphatic heterocycles. The summed E-state index contributed by atoms with van der Waals surface area (Å²) in [5.74, 6) is 0.258. The highest BCUT2D eigenvalue weighted by Crippen LogP contribution is 2.29. The standard InChI is InChI=1S/C16H16ClFO2/c1-10-3-5-14(18)7-12(10)9-20-16-6-4-13(17)8-15(16)11(2)19/h3-8,11,19H,9H2,1-2H3. The first-order valence-corrected chi connectivity index (χ1v) is 6.70. The third kappa shape index (κ3) is 3.50. The second-order valence-corrected chi connectivity index (χ2v) is 5.15. The van der Waals surface area contributed by atoms with Crippen LogP contribution in [0, 0.1) is 12.7 Å². The lowest BCUT2D eigenvalue weighted by Gasteiger charge is -2.15. The zero-order valence-corrected chi connectivity index (χ0v) is 12.1. The zero-order chi connectivity index (χ0) is 14.7. The van der Waals surface area contributed by atoms with Gasteiger partial charge in [-0.15, -0.1) is 0 Å². The van der Waals surface area contributed by atoms with Gasteiger partial charge in [0.15, 0.2) is 0 Å². The van der Waals surface area contributed by atoms with E-state index in [0.29, 0.717) is 16.3 Å². The topological polar surface area (TPSA) is 29.5 Å². The van der Waals surface area contributed by atoms with E-state index in [4.69, 9.17) is 16.3 Å². The number of aliphatic hydroxyl groups excluding tert-OH is 1. The summed E-state index contributed by atoms with van der Waals surface area (Å²) in [5.41, 5.74) is 2.35. The third-order valence-electron chi connectivity index (χ3n) is 3.12. The normalized spacial score (nSPS) is 12.2. The van der Waals surface area contributed by atoms with Gasteiger partial charge in [-0.2, -0.15) is 0 Å². The third-order valence-corrected chi connectivity index (χ3v) is 3.35. The van der Waals surface area contributed by atoms with Gasteiger partial charge >= 0.3 is 0 Å². The molecule has 0 aliphatic carbocycles. The van der Waals surface area contributed by atoms with E-state index in [2.05, 4.69) is 0 Å². The fourth-order valence-electron chi connectivity index (χ4n) is 1.93. The molecule has 0 amide bonds. The minimum absolute atomic E-state index is 0.241. The Bertz CT molecular complexity index is 611. The highest BCUT2D eigenvalue weighted by atomic mass is 35.5. The summed E-state index contributed by atoms with van der Waals surface area (Å²) in [4.78, 5) is 0. The van der Waals surface area contributed by atoms with Crippen molar-refractivity contribution >= 4 is 11.6 Å². The molecule has 0 saturated carbocycles. The molecule has 2 rings (SSSR count). The Morgan fingerprint density at radius 3 is 2.70 bits per heavy atom. The molecule has 106 valence electrons. The molecule has 0 aromatic heterocycles. The van der Waals surface area contributed by atoms with Gasteiger partial charge in [-0.3, -0.25) is 0 Å². The van der Waals surface area contributed by atoms with Crippen LogP contribution in [0.5, 0.6) is 5.75 Å². The molecule has 1 atom stereocenters. The van der Waals surface area contributed by atoms with Crippen LogP contribution < -0.4 is 4.74 Å². The summed E-state index contributed by atoms with van der Waals surface area (Å²) in [5, 5.41) is 10.3. The van der Waals surface area contributed by atoms with E-state index in [-0.39, 0.29) is 12.4 Å². The Hall–Kier alpha value is -1.58. The number of aryl methyl sites for hydroxylation is 1. The SMILES string of the molecule is Cc1ccc(F)cc1COc1ccc(Cl)cc1C(C)O. The first kappa shape index (κ1) is 14.8. The summed E-state index contributed by atoms with van der Waals surface area (Å²) in [6, 6.07) is 9.65. The second kappa shape index (κ2) is 6.25. The largest absolute Gasteiger partial charge is 0.489 e. The van der Waals surface area contributed by atoms with Crippen molar-refractivity contribution in [1.82, 2.24) is 0 Å². The number of ether oxygens (including phenoxy) is 1. The summed E-state index contributed by atoms with van der Waals surface area (Å²) in [6.45, 7) is 3.78.